The fourth-order valence-electron chi connectivity index (χ4n) is 2.23. The zero-order chi connectivity index (χ0) is 12.4. The Morgan fingerprint density at radius 2 is 2.18 bits per heavy atom. The highest BCUT2D eigenvalue weighted by Gasteiger charge is 2.42. The van der Waals surface area contributed by atoms with E-state index in [1.807, 2.05) is 0 Å². The van der Waals surface area contributed by atoms with Crippen molar-refractivity contribution in [2.45, 2.75) is 38.2 Å². The molecular formula is C11H20ClNO3S. The van der Waals surface area contributed by atoms with Crippen molar-refractivity contribution in [1.82, 2.24) is 4.72 Å². The lowest BCUT2D eigenvalue weighted by atomic mass is 10.1. The number of nitrogens with one attached hydrogen (secondary N) is 1. The molecule has 2 fully saturated rings. The first-order valence-electron chi connectivity index (χ1n) is 6.20. The summed E-state index contributed by atoms with van der Waals surface area (Å²) in [4.78, 5) is 0. The lowest BCUT2D eigenvalue weighted by Gasteiger charge is -2.16. The summed E-state index contributed by atoms with van der Waals surface area (Å²) < 4.78 is 31.7. The second-order valence-corrected chi connectivity index (χ2v) is 7.41. The Balaban J connectivity index is 1.77. The van der Waals surface area contributed by atoms with Crippen molar-refractivity contribution >= 4 is 21.6 Å². The van der Waals surface area contributed by atoms with Crippen molar-refractivity contribution in [3.05, 3.63) is 0 Å². The third kappa shape index (κ3) is 4.09. The number of rotatable bonds is 7. The van der Waals surface area contributed by atoms with E-state index in [4.69, 9.17) is 16.3 Å². The number of sulfonamides is 1. The maximum Gasteiger partial charge on any atom is 0.214 e. The molecule has 6 heteroatoms. The van der Waals surface area contributed by atoms with Gasteiger partial charge in [-0.25, -0.2) is 13.1 Å². The van der Waals surface area contributed by atoms with E-state index in [-0.39, 0.29) is 17.3 Å². The van der Waals surface area contributed by atoms with Gasteiger partial charge in [0.1, 0.15) is 0 Å². The lowest BCUT2D eigenvalue weighted by Crippen LogP contribution is -2.35. The Bertz CT molecular complexity index is 348. The van der Waals surface area contributed by atoms with Gasteiger partial charge < -0.3 is 4.74 Å². The molecule has 0 amide bonds. The van der Waals surface area contributed by atoms with Crippen LogP contribution in [0.2, 0.25) is 0 Å². The minimum absolute atomic E-state index is 0.101. The molecule has 0 bridgehead atoms. The van der Waals surface area contributed by atoms with Gasteiger partial charge in [0.05, 0.1) is 11.9 Å². The van der Waals surface area contributed by atoms with Gasteiger partial charge in [-0.2, -0.15) is 0 Å². The number of halogens is 1. The van der Waals surface area contributed by atoms with Crippen molar-refractivity contribution in [3.8, 4) is 0 Å². The number of hydrogen-bond acceptors (Lipinski definition) is 3. The van der Waals surface area contributed by atoms with Crippen LogP contribution in [-0.2, 0) is 14.8 Å². The lowest BCUT2D eigenvalue weighted by molar-refractivity contribution is 0.127. The number of hydrogen-bond donors (Lipinski definition) is 1. The molecule has 2 aliphatic rings. The van der Waals surface area contributed by atoms with Crippen LogP contribution in [0, 0.1) is 5.41 Å². The second-order valence-electron chi connectivity index (χ2n) is 5.18. The van der Waals surface area contributed by atoms with E-state index in [0.717, 1.165) is 32.1 Å². The van der Waals surface area contributed by atoms with Gasteiger partial charge in [-0.3, -0.25) is 0 Å². The van der Waals surface area contributed by atoms with Crippen molar-refractivity contribution < 1.29 is 13.2 Å². The molecule has 1 saturated carbocycles. The zero-order valence-corrected chi connectivity index (χ0v) is 11.5. The molecule has 1 aliphatic heterocycles. The molecular weight excluding hydrogens is 262 g/mol. The van der Waals surface area contributed by atoms with E-state index >= 15 is 0 Å². The second kappa shape index (κ2) is 5.43. The van der Waals surface area contributed by atoms with Crippen LogP contribution in [0.3, 0.4) is 0 Å². The Labute approximate surface area is 108 Å². The predicted molar refractivity (Wildman–Crippen MR) is 67.8 cm³/mol. The van der Waals surface area contributed by atoms with Crippen LogP contribution in [0.15, 0.2) is 0 Å². The summed E-state index contributed by atoms with van der Waals surface area (Å²) in [7, 11) is -3.19. The molecule has 0 aromatic heterocycles. The van der Waals surface area contributed by atoms with Crippen LogP contribution in [0.4, 0.5) is 0 Å². The monoisotopic (exact) mass is 281 g/mol. The summed E-state index contributed by atoms with van der Waals surface area (Å²) >= 11 is 5.72. The summed E-state index contributed by atoms with van der Waals surface area (Å²) in [6.07, 6.45) is 4.78. The Morgan fingerprint density at radius 3 is 2.71 bits per heavy atom. The highest BCUT2D eigenvalue weighted by molar-refractivity contribution is 7.89. The first-order chi connectivity index (χ1) is 8.05. The van der Waals surface area contributed by atoms with Crippen molar-refractivity contribution in [1.29, 1.82) is 0 Å². The topological polar surface area (TPSA) is 55.4 Å². The third-order valence-corrected chi connectivity index (χ3v) is 5.26. The quantitative estimate of drug-likeness (QED) is 0.720. The molecule has 1 aliphatic carbocycles. The summed E-state index contributed by atoms with van der Waals surface area (Å²) in [6.45, 7) is 1.23. The highest BCUT2D eigenvalue weighted by atomic mass is 35.5. The first kappa shape index (κ1) is 13.6. The highest BCUT2D eigenvalue weighted by Crippen LogP contribution is 2.48. The Kier molecular flexibility index (Phi) is 4.34. The minimum Gasteiger partial charge on any atom is -0.377 e. The third-order valence-electron chi connectivity index (χ3n) is 3.68. The average molecular weight is 282 g/mol. The van der Waals surface area contributed by atoms with E-state index in [1.54, 1.807) is 0 Å². The fraction of sp³-hybridized carbons (Fsp3) is 1.00. The molecule has 17 heavy (non-hydrogen) atoms. The van der Waals surface area contributed by atoms with Crippen LogP contribution in [0.5, 0.6) is 0 Å². The smallest absolute Gasteiger partial charge is 0.214 e. The molecule has 0 radical (unpaired) electrons. The van der Waals surface area contributed by atoms with Gasteiger partial charge >= 0.3 is 0 Å². The molecule has 1 heterocycles. The molecule has 1 saturated heterocycles. The van der Waals surface area contributed by atoms with Gasteiger partial charge in [-0.15, -0.1) is 11.6 Å². The van der Waals surface area contributed by atoms with E-state index in [0.29, 0.717) is 19.0 Å². The van der Waals surface area contributed by atoms with Crippen LogP contribution >= 0.6 is 11.6 Å². The van der Waals surface area contributed by atoms with Crippen LogP contribution in [-0.4, -0.2) is 39.3 Å². The van der Waals surface area contributed by atoms with Gasteiger partial charge in [0.25, 0.3) is 0 Å². The predicted octanol–water partition coefficient (Wildman–Crippen LogP) is 1.49. The average Bonchev–Trinajstić information content (AvgIpc) is 2.85. The molecule has 1 unspecified atom stereocenters. The van der Waals surface area contributed by atoms with Crippen LogP contribution < -0.4 is 4.72 Å². The summed E-state index contributed by atoms with van der Waals surface area (Å²) in [5, 5.41) is 0. The minimum atomic E-state index is -3.19. The largest absolute Gasteiger partial charge is 0.377 e. The van der Waals surface area contributed by atoms with Gasteiger partial charge in [-0.1, -0.05) is 0 Å². The standard InChI is InChI=1S/C11H20ClNO3S/c12-6-5-11(3-4-11)9-13-17(14,15)8-10-2-1-7-16-10/h10,13H,1-9H2. The molecule has 0 aromatic rings. The van der Waals surface area contributed by atoms with E-state index in [2.05, 4.69) is 4.72 Å². The van der Waals surface area contributed by atoms with E-state index < -0.39 is 10.0 Å². The molecule has 100 valence electrons. The summed E-state index contributed by atoms with van der Waals surface area (Å²) in [5.74, 6) is 0.706. The van der Waals surface area contributed by atoms with Crippen LogP contribution in [0.1, 0.15) is 32.1 Å². The molecule has 0 spiro atoms. The van der Waals surface area contributed by atoms with Crippen molar-refractivity contribution in [2.24, 2.45) is 5.41 Å². The van der Waals surface area contributed by atoms with E-state index in [1.165, 1.54) is 0 Å². The SMILES string of the molecule is O=S(=O)(CC1CCCO1)NCC1(CCCl)CC1. The summed E-state index contributed by atoms with van der Waals surface area (Å²) in [5.41, 5.74) is 0.144. The van der Waals surface area contributed by atoms with Gasteiger partial charge in [0.2, 0.25) is 10.0 Å². The number of alkyl halides is 1. The molecule has 4 nitrogen and oxygen atoms in total. The van der Waals surface area contributed by atoms with Gasteiger partial charge in [0, 0.05) is 19.0 Å². The molecule has 2 rings (SSSR count). The van der Waals surface area contributed by atoms with Crippen LogP contribution in [0.25, 0.3) is 0 Å². The van der Waals surface area contributed by atoms with Crippen molar-refractivity contribution in [3.63, 3.8) is 0 Å². The molecule has 1 N–H and O–H groups in total. The molecule has 0 aromatic carbocycles. The molecule has 1 atom stereocenters. The number of ether oxygens (including phenoxy) is 1. The zero-order valence-electron chi connectivity index (χ0n) is 9.95. The maximum atomic E-state index is 11.8. The first-order valence-corrected chi connectivity index (χ1v) is 8.39. The van der Waals surface area contributed by atoms with Gasteiger partial charge in [-0.05, 0) is 37.5 Å². The summed E-state index contributed by atoms with van der Waals surface area (Å²) in [6, 6.07) is 0. The maximum absolute atomic E-state index is 11.8. The fourth-order valence-corrected chi connectivity index (χ4v) is 4.03. The Morgan fingerprint density at radius 1 is 1.41 bits per heavy atom. The van der Waals surface area contributed by atoms with Crippen molar-refractivity contribution in [2.75, 3.05) is 24.8 Å². The Hall–Kier alpha value is 0.160. The normalized spacial score (nSPS) is 27.2. The van der Waals surface area contributed by atoms with E-state index in [9.17, 15) is 8.42 Å². The van der Waals surface area contributed by atoms with Gasteiger partial charge in [0.15, 0.2) is 0 Å².